The van der Waals surface area contributed by atoms with Crippen LogP contribution in [0.2, 0.25) is 0 Å². The number of benzene rings is 2. The quantitative estimate of drug-likeness (QED) is 0.747. The van der Waals surface area contributed by atoms with Gasteiger partial charge < -0.3 is 10.1 Å². The van der Waals surface area contributed by atoms with Gasteiger partial charge in [-0.1, -0.05) is 43.3 Å². The van der Waals surface area contributed by atoms with Crippen molar-refractivity contribution < 1.29 is 4.74 Å². The molecule has 0 saturated heterocycles. The normalized spacial score (nSPS) is 10.9. The molecule has 21 heavy (non-hydrogen) atoms. The molecule has 0 saturated carbocycles. The number of nitrogens with one attached hydrogen (secondary N) is 1. The summed E-state index contributed by atoms with van der Waals surface area (Å²) in [6.45, 7) is 8.24. The number of rotatable bonds is 7. The Labute approximate surface area is 128 Å². The predicted molar refractivity (Wildman–Crippen MR) is 89.6 cm³/mol. The SMILES string of the molecule is CCCNCc1ccccc1-c1cccc(OC(C)C)c1. The van der Waals surface area contributed by atoms with Crippen molar-refractivity contribution >= 4 is 0 Å². The van der Waals surface area contributed by atoms with Crippen LogP contribution in [0.25, 0.3) is 11.1 Å². The maximum absolute atomic E-state index is 5.80. The Kier molecular flexibility index (Phi) is 5.82. The molecule has 0 radical (unpaired) electrons. The second-order valence-corrected chi connectivity index (χ2v) is 5.53. The lowest BCUT2D eigenvalue weighted by Crippen LogP contribution is -2.14. The smallest absolute Gasteiger partial charge is 0.120 e. The van der Waals surface area contributed by atoms with Crippen LogP contribution in [0.1, 0.15) is 32.8 Å². The summed E-state index contributed by atoms with van der Waals surface area (Å²) in [5, 5.41) is 3.48. The van der Waals surface area contributed by atoms with Gasteiger partial charge in [0.05, 0.1) is 6.10 Å². The molecule has 0 aliphatic rings. The van der Waals surface area contributed by atoms with Gasteiger partial charge in [0.2, 0.25) is 0 Å². The Balaban J connectivity index is 2.24. The monoisotopic (exact) mass is 283 g/mol. The van der Waals surface area contributed by atoms with Gasteiger partial charge in [-0.3, -0.25) is 0 Å². The van der Waals surface area contributed by atoms with E-state index >= 15 is 0 Å². The van der Waals surface area contributed by atoms with E-state index in [0.29, 0.717) is 0 Å². The van der Waals surface area contributed by atoms with E-state index in [2.05, 4.69) is 68.6 Å². The lowest BCUT2D eigenvalue weighted by molar-refractivity contribution is 0.242. The fourth-order valence-electron chi connectivity index (χ4n) is 2.37. The second kappa shape index (κ2) is 7.84. The summed E-state index contributed by atoms with van der Waals surface area (Å²) in [5.74, 6) is 0.929. The molecule has 2 aromatic rings. The van der Waals surface area contributed by atoms with E-state index in [1.807, 2.05) is 6.07 Å². The van der Waals surface area contributed by atoms with Gasteiger partial charge in [-0.05, 0) is 55.6 Å². The molecule has 0 spiro atoms. The Morgan fingerprint density at radius 2 is 1.86 bits per heavy atom. The van der Waals surface area contributed by atoms with Gasteiger partial charge >= 0.3 is 0 Å². The summed E-state index contributed by atoms with van der Waals surface area (Å²) in [6, 6.07) is 16.9. The number of hydrogen-bond acceptors (Lipinski definition) is 2. The summed E-state index contributed by atoms with van der Waals surface area (Å²) >= 11 is 0. The van der Waals surface area contributed by atoms with Crippen LogP contribution in [0.15, 0.2) is 48.5 Å². The van der Waals surface area contributed by atoms with Crippen LogP contribution < -0.4 is 10.1 Å². The summed E-state index contributed by atoms with van der Waals surface area (Å²) in [5.41, 5.74) is 3.81. The highest BCUT2D eigenvalue weighted by Gasteiger charge is 2.06. The molecule has 0 aliphatic heterocycles. The van der Waals surface area contributed by atoms with Gasteiger partial charge in [-0.25, -0.2) is 0 Å². The van der Waals surface area contributed by atoms with E-state index in [0.717, 1.165) is 25.3 Å². The minimum absolute atomic E-state index is 0.196. The molecule has 2 nitrogen and oxygen atoms in total. The van der Waals surface area contributed by atoms with E-state index in [-0.39, 0.29) is 6.10 Å². The highest BCUT2D eigenvalue weighted by molar-refractivity contribution is 5.68. The van der Waals surface area contributed by atoms with E-state index in [9.17, 15) is 0 Å². The van der Waals surface area contributed by atoms with Crippen LogP contribution in [0, 0.1) is 0 Å². The first-order valence-electron chi connectivity index (χ1n) is 7.76. The van der Waals surface area contributed by atoms with Gasteiger partial charge in [0.25, 0.3) is 0 Å². The minimum atomic E-state index is 0.196. The molecule has 0 fully saturated rings. The van der Waals surface area contributed by atoms with Gasteiger partial charge in [-0.2, -0.15) is 0 Å². The molecule has 0 aliphatic carbocycles. The summed E-state index contributed by atoms with van der Waals surface area (Å²) in [4.78, 5) is 0. The predicted octanol–water partition coefficient (Wildman–Crippen LogP) is 4.64. The lowest BCUT2D eigenvalue weighted by Gasteiger charge is -2.13. The van der Waals surface area contributed by atoms with E-state index < -0.39 is 0 Å². The van der Waals surface area contributed by atoms with Crippen LogP contribution in [0.3, 0.4) is 0 Å². The number of hydrogen-bond donors (Lipinski definition) is 1. The Morgan fingerprint density at radius 3 is 2.62 bits per heavy atom. The standard InChI is InChI=1S/C19H25NO/c1-4-12-20-14-17-8-5-6-11-19(17)16-9-7-10-18(13-16)21-15(2)3/h5-11,13,15,20H,4,12,14H2,1-3H3. The van der Waals surface area contributed by atoms with Crippen LogP contribution in [0.4, 0.5) is 0 Å². The molecule has 2 heteroatoms. The molecule has 112 valence electrons. The Morgan fingerprint density at radius 1 is 1.05 bits per heavy atom. The Bertz CT molecular complexity index is 563. The first-order valence-corrected chi connectivity index (χ1v) is 7.76. The average molecular weight is 283 g/mol. The fourth-order valence-corrected chi connectivity index (χ4v) is 2.37. The second-order valence-electron chi connectivity index (χ2n) is 5.53. The first kappa shape index (κ1) is 15.6. The van der Waals surface area contributed by atoms with Crippen molar-refractivity contribution in [3.05, 3.63) is 54.1 Å². The third-order valence-electron chi connectivity index (χ3n) is 3.28. The maximum Gasteiger partial charge on any atom is 0.120 e. The Hall–Kier alpha value is -1.80. The maximum atomic E-state index is 5.80. The first-order chi connectivity index (χ1) is 10.2. The zero-order chi connectivity index (χ0) is 15.1. The molecule has 0 unspecified atom stereocenters. The van der Waals surface area contributed by atoms with Crippen LogP contribution in [-0.2, 0) is 6.54 Å². The number of ether oxygens (including phenoxy) is 1. The minimum Gasteiger partial charge on any atom is -0.491 e. The topological polar surface area (TPSA) is 21.3 Å². The van der Waals surface area contributed by atoms with E-state index in [1.165, 1.54) is 16.7 Å². The van der Waals surface area contributed by atoms with Crippen molar-refractivity contribution in [2.24, 2.45) is 0 Å². The molecule has 0 amide bonds. The van der Waals surface area contributed by atoms with Crippen LogP contribution in [0.5, 0.6) is 5.75 Å². The van der Waals surface area contributed by atoms with Gasteiger partial charge in [-0.15, -0.1) is 0 Å². The van der Waals surface area contributed by atoms with Crippen molar-refractivity contribution in [2.45, 2.75) is 39.8 Å². The summed E-state index contributed by atoms with van der Waals surface area (Å²) in [7, 11) is 0. The third-order valence-corrected chi connectivity index (χ3v) is 3.28. The highest BCUT2D eigenvalue weighted by Crippen LogP contribution is 2.27. The molecular formula is C19H25NO. The van der Waals surface area contributed by atoms with Crippen molar-refractivity contribution in [3.63, 3.8) is 0 Å². The highest BCUT2D eigenvalue weighted by atomic mass is 16.5. The fraction of sp³-hybridized carbons (Fsp3) is 0.368. The molecule has 2 aromatic carbocycles. The molecule has 0 atom stereocenters. The van der Waals surface area contributed by atoms with Crippen molar-refractivity contribution in [3.8, 4) is 16.9 Å². The van der Waals surface area contributed by atoms with Gasteiger partial charge in [0, 0.05) is 6.54 Å². The van der Waals surface area contributed by atoms with Crippen molar-refractivity contribution in [2.75, 3.05) is 6.54 Å². The molecule has 1 N–H and O–H groups in total. The lowest BCUT2D eigenvalue weighted by atomic mass is 9.99. The average Bonchev–Trinajstić information content (AvgIpc) is 2.48. The molecule has 2 rings (SSSR count). The van der Waals surface area contributed by atoms with E-state index in [4.69, 9.17) is 4.74 Å². The van der Waals surface area contributed by atoms with Crippen molar-refractivity contribution in [1.29, 1.82) is 0 Å². The molecular weight excluding hydrogens is 258 g/mol. The van der Waals surface area contributed by atoms with Gasteiger partial charge in [0.15, 0.2) is 0 Å². The van der Waals surface area contributed by atoms with Crippen molar-refractivity contribution in [1.82, 2.24) is 5.32 Å². The zero-order valence-electron chi connectivity index (χ0n) is 13.2. The molecule has 0 heterocycles. The largest absolute Gasteiger partial charge is 0.491 e. The summed E-state index contributed by atoms with van der Waals surface area (Å²) < 4.78 is 5.80. The zero-order valence-corrected chi connectivity index (χ0v) is 13.2. The third kappa shape index (κ3) is 4.61. The van der Waals surface area contributed by atoms with Crippen LogP contribution >= 0.6 is 0 Å². The molecule has 0 bridgehead atoms. The van der Waals surface area contributed by atoms with E-state index in [1.54, 1.807) is 0 Å². The molecule has 0 aromatic heterocycles. The summed E-state index contributed by atoms with van der Waals surface area (Å²) in [6.07, 6.45) is 1.35. The van der Waals surface area contributed by atoms with Gasteiger partial charge in [0.1, 0.15) is 5.75 Å². The van der Waals surface area contributed by atoms with Crippen LogP contribution in [-0.4, -0.2) is 12.6 Å².